The number of rotatable bonds is 9. The molecule has 0 amide bonds. The van der Waals surface area contributed by atoms with Gasteiger partial charge in [-0.1, -0.05) is 26.0 Å². The predicted molar refractivity (Wildman–Crippen MR) is 80.9 cm³/mol. The zero-order chi connectivity index (χ0) is 15.8. The summed E-state index contributed by atoms with van der Waals surface area (Å²) in [5, 5.41) is 8.73. The SMILES string of the molecule is CCCC(=O)c1ccc(CCC(=O)O)cc1C(=O)CCC. The van der Waals surface area contributed by atoms with Crippen LogP contribution in [0.2, 0.25) is 0 Å². The lowest BCUT2D eigenvalue weighted by Crippen LogP contribution is -2.10. The van der Waals surface area contributed by atoms with Crippen LogP contribution in [-0.2, 0) is 11.2 Å². The van der Waals surface area contributed by atoms with Gasteiger partial charge in [-0.15, -0.1) is 0 Å². The van der Waals surface area contributed by atoms with Gasteiger partial charge in [0.1, 0.15) is 0 Å². The molecule has 0 aromatic heterocycles. The third-order valence-corrected chi connectivity index (χ3v) is 3.27. The van der Waals surface area contributed by atoms with E-state index in [9.17, 15) is 14.4 Å². The molecule has 0 fully saturated rings. The average Bonchev–Trinajstić information content (AvgIpc) is 2.45. The van der Waals surface area contributed by atoms with Crippen molar-refractivity contribution in [2.45, 2.75) is 52.4 Å². The Bertz CT molecular complexity index is 532. The van der Waals surface area contributed by atoms with E-state index in [0.717, 1.165) is 18.4 Å². The summed E-state index contributed by atoms with van der Waals surface area (Å²) in [6, 6.07) is 5.09. The minimum atomic E-state index is -0.873. The molecule has 1 aromatic carbocycles. The van der Waals surface area contributed by atoms with Crippen LogP contribution in [0.15, 0.2) is 18.2 Å². The van der Waals surface area contributed by atoms with Crippen molar-refractivity contribution in [3.05, 3.63) is 34.9 Å². The van der Waals surface area contributed by atoms with E-state index >= 15 is 0 Å². The van der Waals surface area contributed by atoms with Crippen molar-refractivity contribution in [2.75, 3.05) is 0 Å². The van der Waals surface area contributed by atoms with Gasteiger partial charge in [0.15, 0.2) is 11.6 Å². The fourth-order valence-corrected chi connectivity index (χ4v) is 2.20. The maximum Gasteiger partial charge on any atom is 0.303 e. The molecule has 0 aliphatic carbocycles. The van der Waals surface area contributed by atoms with Gasteiger partial charge in [0, 0.05) is 30.4 Å². The molecule has 0 atom stereocenters. The number of hydrogen-bond donors (Lipinski definition) is 1. The van der Waals surface area contributed by atoms with Crippen LogP contribution in [0.1, 0.15) is 72.2 Å². The second kappa shape index (κ2) is 8.35. The topological polar surface area (TPSA) is 71.4 Å². The molecular formula is C17H22O4. The first-order chi connectivity index (χ1) is 9.99. The number of Topliss-reactive ketones (excluding diaryl/α,β-unsaturated/α-hetero) is 2. The molecule has 0 aliphatic rings. The fraction of sp³-hybridized carbons (Fsp3) is 0.471. The Labute approximate surface area is 125 Å². The molecule has 114 valence electrons. The van der Waals surface area contributed by atoms with Crippen LogP contribution in [0, 0.1) is 0 Å². The quantitative estimate of drug-likeness (QED) is 0.704. The Morgan fingerprint density at radius 1 is 0.905 bits per heavy atom. The summed E-state index contributed by atoms with van der Waals surface area (Å²) in [5.41, 5.74) is 1.69. The van der Waals surface area contributed by atoms with Crippen molar-refractivity contribution < 1.29 is 19.5 Å². The van der Waals surface area contributed by atoms with Gasteiger partial charge in [0.2, 0.25) is 0 Å². The molecular weight excluding hydrogens is 268 g/mol. The van der Waals surface area contributed by atoms with Gasteiger partial charge < -0.3 is 5.11 Å². The lowest BCUT2D eigenvalue weighted by Gasteiger charge is -2.10. The summed E-state index contributed by atoms with van der Waals surface area (Å²) in [7, 11) is 0. The number of ketones is 2. The minimum absolute atomic E-state index is 0.0175. The second-order valence-electron chi connectivity index (χ2n) is 5.12. The van der Waals surface area contributed by atoms with E-state index in [4.69, 9.17) is 5.11 Å². The van der Waals surface area contributed by atoms with Crippen LogP contribution in [-0.4, -0.2) is 22.6 Å². The monoisotopic (exact) mass is 290 g/mol. The first kappa shape index (κ1) is 17.1. The predicted octanol–water partition coefficient (Wildman–Crippen LogP) is 3.67. The molecule has 21 heavy (non-hydrogen) atoms. The van der Waals surface area contributed by atoms with Crippen LogP contribution in [0.25, 0.3) is 0 Å². The summed E-state index contributed by atoms with van der Waals surface area (Å²) in [4.78, 5) is 34.9. The van der Waals surface area contributed by atoms with Gasteiger partial charge in [-0.25, -0.2) is 0 Å². The van der Waals surface area contributed by atoms with Crippen LogP contribution in [0.5, 0.6) is 0 Å². The molecule has 0 radical (unpaired) electrons. The zero-order valence-electron chi connectivity index (χ0n) is 12.6. The lowest BCUT2D eigenvalue weighted by atomic mass is 9.93. The van der Waals surface area contributed by atoms with E-state index < -0.39 is 5.97 Å². The lowest BCUT2D eigenvalue weighted by molar-refractivity contribution is -0.136. The number of carbonyl (C=O) groups is 3. The minimum Gasteiger partial charge on any atom is -0.481 e. The highest BCUT2D eigenvalue weighted by atomic mass is 16.4. The summed E-state index contributed by atoms with van der Waals surface area (Å²) < 4.78 is 0. The van der Waals surface area contributed by atoms with Gasteiger partial charge in [-0.3, -0.25) is 14.4 Å². The summed E-state index contributed by atoms with van der Waals surface area (Å²) >= 11 is 0. The third kappa shape index (κ3) is 5.14. The molecule has 1 N–H and O–H groups in total. The number of aliphatic carboxylic acids is 1. The molecule has 0 unspecified atom stereocenters. The summed E-state index contributed by atoms with van der Waals surface area (Å²) in [6.45, 7) is 3.84. The first-order valence-electron chi connectivity index (χ1n) is 7.40. The standard InChI is InChI=1S/C17H22O4/c1-3-5-15(18)13-9-7-12(8-10-17(20)21)11-14(13)16(19)6-4-2/h7,9,11H,3-6,8,10H2,1-2H3,(H,20,21). The van der Waals surface area contributed by atoms with E-state index in [1.807, 2.05) is 13.8 Å². The van der Waals surface area contributed by atoms with Crippen molar-refractivity contribution >= 4 is 17.5 Å². The molecule has 0 saturated carbocycles. The zero-order valence-corrected chi connectivity index (χ0v) is 12.6. The van der Waals surface area contributed by atoms with E-state index in [1.54, 1.807) is 18.2 Å². The van der Waals surface area contributed by atoms with Crippen LogP contribution >= 0.6 is 0 Å². The fourth-order valence-electron chi connectivity index (χ4n) is 2.20. The van der Waals surface area contributed by atoms with E-state index in [-0.39, 0.29) is 18.0 Å². The van der Waals surface area contributed by atoms with Gasteiger partial charge in [0.05, 0.1) is 0 Å². The number of carboxylic acids is 1. The highest BCUT2D eigenvalue weighted by Crippen LogP contribution is 2.18. The Balaban J connectivity index is 3.10. The molecule has 0 saturated heterocycles. The second-order valence-corrected chi connectivity index (χ2v) is 5.12. The molecule has 0 bridgehead atoms. The van der Waals surface area contributed by atoms with Crippen molar-refractivity contribution in [3.63, 3.8) is 0 Å². The number of carboxylic acid groups (broad SMARTS) is 1. The van der Waals surface area contributed by atoms with Crippen molar-refractivity contribution in [1.29, 1.82) is 0 Å². The molecule has 4 nitrogen and oxygen atoms in total. The number of benzene rings is 1. The van der Waals surface area contributed by atoms with Crippen molar-refractivity contribution in [3.8, 4) is 0 Å². The van der Waals surface area contributed by atoms with Crippen molar-refractivity contribution in [1.82, 2.24) is 0 Å². The van der Waals surface area contributed by atoms with Gasteiger partial charge >= 0.3 is 5.97 Å². The Hall–Kier alpha value is -1.97. The largest absolute Gasteiger partial charge is 0.481 e. The first-order valence-corrected chi connectivity index (χ1v) is 7.40. The molecule has 0 spiro atoms. The number of hydrogen-bond acceptors (Lipinski definition) is 3. The Morgan fingerprint density at radius 3 is 2.00 bits per heavy atom. The molecule has 0 heterocycles. The normalized spacial score (nSPS) is 10.4. The smallest absolute Gasteiger partial charge is 0.303 e. The number of carbonyl (C=O) groups excluding carboxylic acids is 2. The van der Waals surface area contributed by atoms with E-state index in [2.05, 4.69) is 0 Å². The molecule has 1 rings (SSSR count). The maximum atomic E-state index is 12.2. The average molecular weight is 290 g/mol. The number of aryl methyl sites for hydroxylation is 1. The van der Waals surface area contributed by atoms with Crippen LogP contribution in [0.4, 0.5) is 0 Å². The van der Waals surface area contributed by atoms with Gasteiger partial charge in [0.25, 0.3) is 0 Å². The molecule has 4 heteroatoms. The summed E-state index contributed by atoms with van der Waals surface area (Å²) in [5.74, 6) is -0.946. The highest BCUT2D eigenvalue weighted by Gasteiger charge is 2.16. The van der Waals surface area contributed by atoms with Crippen LogP contribution in [0.3, 0.4) is 0 Å². The van der Waals surface area contributed by atoms with E-state index in [0.29, 0.717) is 30.4 Å². The van der Waals surface area contributed by atoms with Gasteiger partial charge in [-0.05, 0) is 30.9 Å². The third-order valence-electron chi connectivity index (χ3n) is 3.27. The van der Waals surface area contributed by atoms with E-state index in [1.165, 1.54) is 0 Å². The highest BCUT2D eigenvalue weighted by molar-refractivity contribution is 6.08. The van der Waals surface area contributed by atoms with Crippen molar-refractivity contribution in [2.24, 2.45) is 0 Å². The maximum absolute atomic E-state index is 12.2. The van der Waals surface area contributed by atoms with Crippen LogP contribution < -0.4 is 0 Å². The Morgan fingerprint density at radius 2 is 1.48 bits per heavy atom. The Kier molecular flexibility index (Phi) is 6.79. The van der Waals surface area contributed by atoms with Gasteiger partial charge in [-0.2, -0.15) is 0 Å². The molecule has 1 aromatic rings. The molecule has 0 aliphatic heterocycles. The summed E-state index contributed by atoms with van der Waals surface area (Å²) in [6.07, 6.45) is 2.66.